The molecule has 25 heavy (non-hydrogen) atoms. The Bertz CT molecular complexity index is 652. The molecular formula is C21H26N2O2. The first-order valence-electron chi connectivity index (χ1n) is 8.90. The molecule has 0 saturated carbocycles. The number of hydrogen-bond donors (Lipinski definition) is 1. The molecule has 132 valence electrons. The Kier molecular flexibility index (Phi) is 6.20. The number of nitrogens with zero attached hydrogens (tertiary/aromatic N) is 1. The number of piperidine rings is 1. The first kappa shape index (κ1) is 17.6. The Morgan fingerprint density at radius 3 is 2.28 bits per heavy atom. The van der Waals surface area contributed by atoms with Crippen LogP contribution in [0.15, 0.2) is 60.7 Å². The van der Waals surface area contributed by atoms with E-state index in [1.165, 1.54) is 5.56 Å². The van der Waals surface area contributed by atoms with Gasteiger partial charge < -0.3 is 10.1 Å². The third kappa shape index (κ3) is 4.91. The Hall–Kier alpha value is -2.17. The molecule has 1 aliphatic heterocycles. The van der Waals surface area contributed by atoms with E-state index < -0.39 is 6.10 Å². The highest BCUT2D eigenvalue weighted by Crippen LogP contribution is 2.19. The predicted octanol–water partition coefficient (Wildman–Crippen LogP) is 3.15. The number of benzene rings is 2. The van der Waals surface area contributed by atoms with E-state index in [2.05, 4.69) is 34.5 Å². The third-order valence-electron chi connectivity index (χ3n) is 4.76. The molecule has 1 heterocycles. The van der Waals surface area contributed by atoms with E-state index in [0.717, 1.165) is 38.0 Å². The molecule has 1 amide bonds. The van der Waals surface area contributed by atoms with Crippen molar-refractivity contribution < 1.29 is 9.53 Å². The van der Waals surface area contributed by atoms with Crippen LogP contribution in [0.5, 0.6) is 0 Å². The summed E-state index contributed by atoms with van der Waals surface area (Å²) in [6, 6.07) is 20.4. The minimum atomic E-state index is -0.538. The van der Waals surface area contributed by atoms with Gasteiger partial charge in [0.2, 0.25) is 0 Å². The van der Waals surface area contributed by atoms with Crippen molar-refractivity contribution in [2.75, 3.05) is 20.2 Å². The maximum atomic E-state index is 12.6. The summed E-state index contributed by atoms with van der Waals surface area (Å²) in [4.78, 5) is 15.0. The van der Waals surface area contributed by atoms with Gasteiger partial charge in [0, 0.05) is 32.8 Å². The Morgan fingerprint density at radius 1 is 1.08 bits per heavy atom. The van der Waals surface area contributed by atoms with Crippen molar-refractivity contribution in [2.24, 2.45) is 0 Å². The molecule has 4 heteroatoms. The van der Waals surface area contributed by atoms with Crippen molar-refractivity contribution in [2.45, 2.75) is 31.5 Å². The normalized spacial score (nSPS) is 17.2. The number of likely N-dealkylation sites (tertiary alicyclic amines) is 1. The highest BCUT2D eigenvalue weighted by Gasteiger charge is 2.25. The molecule has 4 nitrogen and oxygen atoms in total. The fraction of sp³-hybridized carbons (Fsp3) is 0.381. The number of amides is 1. The van der Waals surface area contributed by atoms with Crippen molar-refractivity contribution in [3.05, 3.63) is 71.8 Å². The Balaban J connectivity index is 1.49. The summed E-state index contributed by atoms with van der Waals surface area (Å²) < 4.78 is 5.42. The minimum Gasteiger partial charge on any atom is -0.367 e. The molecule has 0 aromatic heterocycles. The van der Waals surface area contributed by atoms with E-state index in [1.807, 2.05) is 36.4 Å². The fourth-order valence-electron chi connectivity index (χ4n) is 3.38. The zero-order valence-electron chi connectivity index (χ0n) is 14.7. The Morgan fingerprint density at radius 2 is 1.68 bits per heavy atom. The van der Waals surface area contributed by atoms with Crippen LogP contribution in [0.2, 0.25) is 0 Å². The monoisotopic (exact) mass is 338 g/mol. The van der Waals surface area contributed by atoms with Crippen LogP contribution in [0.3, 0.4) is 0 Å². The first-order chi connectivity index (χ1) is 12.3. The fourth-order valence-corrected chi connectivity index (χ4v) is 3.38. The maximum Gasteiger partial charge on any atom is 0.253 e. The highest BCUT2D eigenvalue weighted by atomic mass is 16.5. The molecule has 2 aromatic carbocycles. The minimum absolute atomic E-state index is 0.0461. The first-order valence-corrected chi connectivity index (χ1v) is 8.90. The molecular weight excluding hydrogens is 312 g/mol. The third-order valence-corrected chi connectivity index (χ3v) is 4.76. The van der Waals surface area contributed by atoms with Crippen molar-refractivity contribution in [1.29, 1.82) is 0 Å². The van der Waals surface area contributed by atoms with Gasteiger partial charge in [-0.1, -0.05) is 60.7 Å². The molecule has 0 spiro atoms. The van der Waals surface area contributed by atoms with E-state index in [4.69, 9.17) is 4.74 Å². The number of rotatable bonds is 6. The van der Waals surface area contributed by atoms with Gasteiger partial charge in [0.25, 0.3) is 5.91 Å². The lowest BCUT2D eigenvalue weighted by Gasteiger charge is -2.33. The van der Waals surface area contributed by atoms with Crippen LogP contribution >= 0.6 is 0 Å². The summed E-state index contributed by atoms with van der Waals surface area (Å²) in [7, 11) is 1.58. The van der Waals surface area contributed by atoms with Gasteiger partial charge in [0.15, 0.2) is 6.10 Å². The standard InChI is InChI=1S/C21H26N2O2/c1-25-20(18-10-6-3-7-11-18)21(24)22-19-12-14-23(15-13-19)16-17-8-4-2-5-9-17/h2-11,19-20H,12-16H2,1H3,(H,22,24)/t20-/m0/s1. The van der Waals surface area contributed by atoms with E-state index in [1.54, 1.807) is 7.11 Å². The smallest absolute Gasteiger partial charge is 0.253 e. The van der Waals surface area contributed by atoms with Gasteiger partial charge in [-0.2, -0.15) is 0 Å². The average molecular weight is 338 g/mol. The Labute approximate surface area is 149 Å². The van der Waals surface area contributed by atoms with Crippen molar-refractivity contribution in [3.63, 3.8) is 0 Å². The number of hydrogen-bond acceptors (Lipinski definition) is 3. The molecule has 3 rings (SSSR count). The number of ether oxygens (including phenoxy) is 1. The second-order valence-corrected chi connectivity index (χ2v) is 6.57. The summed E-state index contributed by atoms with van der Waals surface area (Å²) in [5.74, 6) is -0.0461. The van der Waals surface area contributed by atoms with Crippen LogP contribution in [-0.2, 0) is 16.1 Å². The van der Waals surface area contributed by atoms with Crippen molar-refractivity contribution in [3.8, 4) is 0 Å². The number of carbonyl (C=O) groups excluding carboxylic acids is 1. The molecule has 1 N–H and O–H groups in total. The predicted molar refractivity (Wildman–Crippen MR) is 99.1 cm³/mol. The second-order valence-electron chi connectivity index (χ2n) is 6.57. The zero-order chi connectivity index (χ0) is 17.5. The summed E-state index contributed by atoms with van der Waals surface area (Å²) >= 11 is 0. The summed E-state index contributed by atoms with van der Waals surface area (Å²) in [6.07, 6.45) is 1.41. The molecule has 1 saturated heterocycles. The van der Waals surface area contributed by atoms with Gasteiger partial charge in [0.05, 0.1) is 0 Å². The van der Waals surface area contributed by atoms with Gasteiger partial charge in [0.1, 0.15) is 0 Å². The highest BCUT2D eigenvalue weighted by molar-refractivity contribution is 5.82. The van der Waals surface area contributed by atoms with E-state index >= 15 is 0 Å². The van der Waals surface area contributed by atoms with E-state index in [-0.39, 0.29) is 11.9 Å². The lowest BCUT2D eigenvalue weighted by atomic mass is 10.0. The largest absolute Gasteiger partial charge is 0.367 e. The molecule has 1 aliphatic rings. The zero-order valence-corrected chi connectivity index (χ0v) is 14.7. The lowest BCUT2D eigenvalue weighted by molar-refractivity contribution is -0.132. The van der Waals surface area contributed by atoms with Crippen LogP contribution in [0.1, 0.15) is 30.1 Å². The summed E-state index contributed by atoms with van der Waals surface area (Å²) in [5.41, 5.74) is 2.23. The number of nitrogens with one attached hydrogen (secondary N) is 1. The molecule has 2 aromatic rings. The van der Waals surface area contributed by atoms with E-state index in [0.29, 0.717) is 0 Å². The lowest BCUT2D eigenvalue weighted by Crippen LogP contribution is -2.45. The number of carbonyl (C=O) groups is 1. The van der Waals surface area contributed by atoms with Crippen LogP contribution in [0, 0.1) is 0 Å². The number of methoxy groups -OCH3 is 1. The molecule has 0 radical (unpaired) electrons. The molecule has 0 unspecified atom stereocenters. The topological polar surface area (TPSA) is 41.6 Å². The SMILES string of the molecule is CO[C@H](C(=O)NC1CCN(Cc2ccccc2)CC1)c1ccccc1. The molecule has 0 aliphatic carbocycles. The van der Waals surface area contributed by atoms with Gasteiger partial charge in [-0.3, -0.25) is 9.69 Å². The van der Waals surface area contributed by atoms with Crippen molar-refractivity contribution >= 4 is 5.91 Å². The summed E-state index contributed by atoms with van der Waals surface area (Å²) in [6.45, 7) is 2.98. The quantitative estimate of drug-likeness (QED) is 0.880. The van der Waals surface area contributed by atoms with Crippen LogP contribution in [0.4, 0.5) is 0 Å². The second kappa shape index (κ2) is 8.79. The maximum absolute atomic E-state index is 12.6. The average Bonchev–Trinajstić information content (AvgIpc) is 2.66. The molecule has 1 fully saturated rings. The van der Waals surface area contributed by atoms with Gasteiger partial charge in [-0.25, -0.2) is 0 Å². The van der Waals surface area contributed by atoms with Gasteiger partial charge in [-0.15, -0.1) is 0 Å². The summed E-state index contributed by atoms with van der Waals surface area (Å²) in [5, 5.41) is 3.16. The van der Waals surface area contributed by atoms with Gasteiger partial charge in [-0.05, 0) is 24.0 Å². The van der Waals surface area contributed by atoms with E-state index in [9.17, 15) is 4.79 Å². The van der Waals surface area contributed by atoms with Crippen molar-refractivity contribution in [1.82, 2.24) is 10.2 Å². The van der Waals surface area contributed by atoms with Crippen LogP contribution in [0.25, 0.3) is 0 Å². The van der Waals surface area contributed by atoms with Gasteiger partial charge >= 0.3 is 0 Å². The van der Waals surface area contributed by atoms with Crippen LogP contribution < -0.4 is 5.32 Å². The molecule has 0 bridgehead atoms. The van der Waals surface area contributed by atoms with Crippen LogP contribution in [-0.4, -0.2) is 37.0 Å². The molecule has 1 atom stereocenters.